The number of carbonyl (C=O) groups excluding carboxylic acids is 1. The van der Waals surface area contributed by atoms with Crippen molar-refractivity contribution in [1.29, 1.82) is 5.26 Å². The number of hydrogen-bond acceptors (Lipinski definition) is 8. The highest BCUT2D eigenvalue weighted by molar-refractivity contribution is 6.04. The molecule has 0 radical (unpaired) electrons. The molecule has 3 aromatic carbocycles. The second-order valence-electron chi connectivity index (χ2n) is 12.9. The SMILES string of the molecule is COc1ccc(Cn2nc(C)c3c(-c4c(F)cccc4N4CCN(C(=O)OC(C)(C)C)CC4)c(C#N)c(-c4ccc(OC)cc4)nc32)cc1. The van der Waals surface area contributed by atoms with Gasteiger partial charge in [0.2, 0.25) is 0 Å². The Bertz CT molecular complexity index is 2040. The summed E-state index contributed by atoms with van der Waals surface area (Å²) >= 11 is 0. The summed E-state index contributed by atoms with van der Waals surface area (Å²) in [7, 11) is 3.21. The van der Waals surface area contributed by atoms with E-state index >= 15 is 4.39 Å². The van der Waals surface area contributed by atoms with E-state index in [0.717, 1.165) is 11.3 Å². The van der Waals surface area contributed by atoms with Gasteiger partial charge in [0, 0.05) is 48.6 Å². The van der Waals surface area contributed by atoms with Crippen LogP contribution in [0.1, 0.15) is 37.6 Å². The van der Waals surface area contributed by atoms with Crippen LogP contribution in [0, 0.1) is 24.1 Å². The molecule has 6 rings (SSSR count). The van der Waals surface area contributed by atoms with Crippen LogP contribution in [0.4, 0.5) is 14.9 Å². The van der Waals surface area contributed by atoms with Crippen molar-refractivity contribution in [1.82, 2.24) is 19.7 Å². The van der Waals surface area contributed by atoms with E-state index in [9.17, 15) is 10.1 Å². The third-order valence-electron chi connectivity index (χ3n) is 8.54. The third-order valence-corrected chi connectivity index (χ3v) is 8.54. The number of nitriles is 1. The number of rotatable bonds is 7. The predicted octanol–water partition coefficient (Wildman–Crippen LogP) is 7.21. The average molecular weight is 663 g/mol. The number of carbonyl (C=O) groups is 1. The van der Waals surface area contributed by atoms with Crippen LogP contribution in [0.15, 0.2) is 66.7 Å². The number of pyridine rings is 1. The van der Waals surface area contributed by atoms with Gasteiger partial charge in [0.1, 0.15) is 29.0 Å². The molecule has 0 N–H and O–H groups in total. The van der Waals surface area contributed by atoms with Crippen LogP contribution in [0.2, 0.25) is 0 Å². The lowest BCUT2D eigenvalue weighted by Gasteiger charge is -2.37. The Balaban J connectivity index is 1.52. The lowest BCUT2D eigenvalue weighted by atomic mass is 9.91. The van der Waals surface area contributed by atoms with Crippen molar-refractivity contribution in [3.05, 3.63) is 89.4 Å². The molecule has 0 spiro atoms. The number of methoxy groups -OCH3 is 2. The number of hydrogen-bond donors (Lipinski definition) is 0. The second kappa shape index (κ2) is 13.5. The van der Waals surface area contributed by atoms with Crippen molar-refractivity contribution in [3.63, 3.8) is 0 Å². The van der Waals surface area contributed by atoms with E-state index in [-0.39, 0.29) is 11.7 Å². The van der Waals surface area contributed by atoms with E-state index in [1.54, 1.807) is 42.0 Å². The Morgan fingerprint density at radius 3 is 2.14 bits per heavy atom. The fourth-order valence-electron chi connectivity index (χ4n) is 6.19. The van der Waals surface area contributed by atoms with Crippen molar-refractivity contribution in [2.45, 2.75) is 39.8 Å². The van der Waals surface area contributed by atoms with Crippen molar-refractivity contribution < 1.29 is 23.4 Å². The molecule has 252 valence electrons. The van der Waals surface area contributed by atoms with Gasteiger partial charge < -0.3 is 24.0 Å². The number of ether oxygens (including phenoxy) is 3. The Morgan fingerprint density at radius 1 is 0.918 bits per heavy atom. The van der Waals surface area contributed by atoms with Crippen molar-refractivity contribution in [3.8, 4) is 40.0 Å². The van der Waals surface area contributed by atoms with Gasteiger partial charge in [-0.1, -0.05) is 18.2 Å². The van der Waals surface area contributed by atoms with Crippen LogP contribution < -0.4 is 14.4 Å². The molecule has 5 aromatic rings. The number of piperazine rings is 1. The highest BCUT2D eigenvalue weighted by Gasteiger charge is 2.31. The molecule has 10 nitrogen and oxygen atoms in total. The molecule has 3 heterocycles. The maximum absolute atomic E-state index is 16.4. The van der Waals surface area contributed by atoms with E-state index in [1.807, 2.05) is 70.2 Å². The van der Waals surface area contributed by atoms with Crippen molar-refractivity contribution in [2.24, 2.45) is 0 Å². The van der Waals surface area contributed by atoms with Crippen LogP contribution >= 0.6 is 0 Å². The molecule has 1 aliphatic heterocycles. The van der Waals surface area contributed by atoms with Gasteiger partial charge in [-0.3, -0.25) is 0 Å². The fourth-order valence-corrected chi connectivity index (χ4v) is 6.19. The first-order valence-corrected chi connectivity index (χ1v) is 16.1. The number of amides is 1. The van der Waals surface area contributed by atoms with Crippen LogP contribution in [0.5, 0.6) is 11.5 Å². The number of halogens is 1. The Hall–Kier alpha value is -5.63. The molecule has 2 aromatic heterocycles. The van der Waals surface area contributed by atoms with Crippen molar-refractivity contribution in [2.75, 3.05) is 45.3 Å². The van der Waals surface area contributed by atoms with Gasteiger partial charge in [-0.15, -0.1) is 0 Å². The molecule has 1 amide bonds. The fraction of sp³-hybridized carbons (Fsp3) is 0.316. The quantitative estimate of drug-likeness (QED) is 0.180. The summed E-state index contributed by atoms with van der Waals surface area (Å²) in [6, 6.07) is 22.3. The summed E-state index contributed by atoms with van der Waals surface area (Å²) in [5, 5.41) is 16.3. The molecule has 0 bridgehead atoms. The number of benzene rings is 3. The minimum absolute atomic E-state index is 0.239. The highest BCUT2D eigenvalue weighted by Crippen LogP contribution is 2.44. The van der Waals surface area contributed by atoms with Gasteiger partial charge in [0.15, 0.2) is 5.65 Å². The molecule has 0 unspecified atom stereocenters. The smallest absolute Gasteiger partial charge is 0.410 e. The Kier molecular flexibility index (Phi) is 9.15. The molecule has 1 saturated heterocycles. The Morgan fingerprint density at radius 2 is 1.55 bits per heavy atom. The topological polar surface area (TPSA) is 106 Å². The molecule has 0 aliphatic carbocycles. The van der Waals surface area contributed by atoms with E-state index in [0.29, 0.717) is 83.3 Å². The van der Waals surface area contributed by atoms with Gasteiger partial charge in [0.25, 0.3) is 0 Å². The molecular weight excluding hydrogens is 623 g/mol. The summed E-state index contributed by atoms with van der Waals surface area (Å²) in [4.78, 5) is 21.6. The van der Waals surface area contributed by atoms with E-state index in [4.69, 9.17) is 24.3 Å². The Labute approximate surface area is 285 Å². The van der Waals surface area contributed by atoms with Crippen LogP contribution in [0.25, 0.3) is 33.4 Å². The largest absolute Gasteiger partial charge is 0.497 e. The summed E-state index contributed by atoms with van der Waals surface area (Å²) in [5.74, 6) is 0.926. The van der Waals surface area contributed by atoms with E-state index in [1.165, 1.54) is 6.07 Å². The number of nitrogens with zero attached hydrogens (tertiary/aromatic N) is 6. The predicted molar refractivity (Wildman–Crippen MR) is 186 cm³/mol. The minimum Gasteiger partial charge on any atom is -0.497 e. The van der Waals surface area contributed by atoms with Crippen LogP contribution in [-0.2, 0) is 11.3 Å². The molecule has 1 aliphatic rings. The summed E-state index contributed by atoms with van der Waals surface area (Å²) in [6.07, 6.45) is -0.377. The normalized spacial score (nSPS) is 13.3. The van der Waals surface area contributed by atoms with E-state index in [2.05, 4.69) is 11.0 Å². The zero-order chi connectivity index (χ0) is 34.9. The van der Waals surface area contributed by atoms with Gasteiger partial charge in [-0.25, -0.2) is 18.9 Å². The standard InChI is InChI=1S/C38H39FN6O4/c1-24-32-33(34-30(39)8-7-9-31(34)43-18-20-44(21-19-43)37(46)49-38(2,3)4)29(22-40)35(26-12-16-28(48-6)17-13-26)41-36(32)45(42-24)23-25-10-14-27(47-5)15-11-25/h7-17H,18-21,23H2,1-6H3. The first-order chi connectivity index (χ1) is 23.5. The highest BCUT2D eigenvalue weighted by atomic mass is 19.1. The minimum atomic E-state index is -0.609. The van der Waals surface area contributed by atoms with Gasteiger partial charge >= 0.3 is 6.09 Å². The first-order valence-electron chi connectivity index (χ1n) is 16.1. The lowest BCUT2D eigenvalue weighted by Crippen LogP contribution is -2.50. The average Bonchev–Trinajstić information content (AvgIpc) is 3.41. The van der Waals surface area contributed by atoms with Crippen LogP contribution in [0.3, 0.4) is 0 Å². The molecule has 11 heteroatoms. The molecule has 0 atom stereocenters. The summed E-state index contributed by atoms with van der Waals surface area (Å²) < 4.78 is 34.5. The number of anilines is 1. The molecular formula is C38H39FN6O4. The number of fused-ring (bicyclic) bond motifs is 1. The van der Waals surface area contributed by atoms with Crippen LogP contribution in [-0.4, -0.2) is 71.8 Å². The monoisotopic (exact) mass is 662 g/mol. The zero-order valence-corrected chi connectivity index (χ0v) is 28.6. The summed E-state index contributed by atoms with van der Waals surface area (Å²) in [5.41, 5.74) is 4.18. The van der Waals surface area contributed by atoms with Crippen molar-refractivity contribution >= 4 is 22.8 Å². The first kappa shape index (κ1) is 33.3. The zero-order valence-electron chi connectivity index (χ0n) is 28.6. The molecule has 49 heavy (non-hydrogen) atoms. The molecule has 1 fully saturated rings. The third kappa shape index (κ3) is 6.72. The lowest BCUT2D eigenvalue weighted by molar-refractivity contribution is 0.0240. The maximum atomic E-state index is 16.4. The van der Waals surface area contributed by atoms with E-state index < -0.39 is 11.4 Å². The van der Waals surface area contributed by atoms with Gasteiger partial charge in [0.05, 0.1) is 43.1 Å². The summed E-state index contributed by atoms with van der Waals surface area (Å²) in [6.45, 7) is 9.46. The number of aromatic nitrogens is 3. The maximum Gasteiger partial charge on any atom is 0.410 e. The van der Waals surface area contributed by atoms with Gasteiger partial charge in [-0.2, -0.15) is 10.4 Å². The van der Waals surface area contributed by atoms with Gasteiger partial charge in [-0.05, 0) is 81.8 Å². The molecule has 0 saturated carbocycles. The second-order valence-corrected chi connectivity index (χ2v) is 12.9. The number of aryl methyl sites for hydroxylation is 1.